The van der Waals surface area contributed by atoms with Crippen molar-refractivity contribution in [3.8, 4) is 22.8 Å². The zero-order valence-electron chi connectivity index (χ0n) is 20.5. The van der Waals surface area contributed by atoms with Crippen LogP contribution in [0.25, 0.3) is 11.1 Å². The van der Waals surface area contributed by atoms with Gasteiger partial charge >= 0.3 is 0 Å². The molecule has 1 saturated heterocycles. The summed E-state index contributed by atoms with van der Waals surface area (Å²) in [7, 11) is 1.57. The van der Waals surface area contributed by atoms with Crippen LogP contribution in [0.5, 0.6) is 11.6 Å². The van der Waals surface area contributed by atoms with Gasteiger partial charge in [-0.2, -0.15) is 0 Å². The van der Waals surface area contributed by atoms with Crippen LogP contribution in [0.1, 0.15) is 50.0 Å². The second-order valence-corrected chi connectivity index (χ2v) is 9.83. The van der Waals surface area contributed by atoms with E-state index in [1.54, 1.807) is 19.4 Å². The standard InChI is InChI=1S/C27H33N3O4/c1-15(2)27(5)12-20-10-19(25(31)29-14-22-16(3)9-17(4)30-26(22)32)11-21(24(20)34-27)18-7-8-23(33-6)28-13-18/h7-8,10-11,13,16-17,22H,1,9,12,14H2,2-6H3,(H,29,31)(H,30,32). The highest BCUT2D eigenvalue weighted by Crippen LogP contribution is 2.45. The van der Waals surface area contributed by atoms with Crippen molar-refractivity contribution in [3.05, 3.63) is 53.7 Å². The number of carbonyl (C=O) groups is 2. The third kappa shape index (κ3) is 4.52. The molecule has 4 unspecified atom stereocenters. The summed E-state index contributed by atoms with van der Waals surface area (Å²) < 4.78 is 11.6. The van der Waals surface area contributed by atoms with Gasteiger partial charge in [-0.15, -0.1) is 0 Å². The van der Waals surface area contributed by atoms with Crippen LogP contribution in [0.15, 0.2) is 42.6 Å². The molecule has 7 nitrogen and oxygen atoms in total. The fourth-order valence-electron chi connectivity index (χ4n) is 4.80. The van der Waals surface area contributed by atoms with Gasteiger partial charge in [0.1, 0.15) is 11.4 Å². The van der Waals surface area contributed by atoms with Crippen molar-refractivity contribution >= 4 is 11.8 Å². The highest BCUT2D eigenvalue weighted by atomic mass is 16.5. The number of nitrogens with zero attached hydrogens (tertiary/aromatic N) is 1. The van der Waals surface area contributed by atoms with E-state index in [1.165, 1.54) is 0 Å². The van der Waals surface area contributed by atoms with Crippen molar-refractivity contribution in [3.63, 3.8) is 0 Å². The number of pyridine rings is 1. The highest BCUT2D eigenvalue weighted by Gasteiger charge is 2.38. The number of benzene rings is 1. The highest BCUT2D eigenvalue weighted by molar-refractivity contribution is 5.97. The molecule has 0 radical (unpaired) electrons. The first-order chi connectivity index (χ1) is 16.1. The van der Waals surface area contributed by atoms with Crippen LogP contribution < -0.4 is 20.1 Å². The number of nitrogens with one attached hydrogen (secondary N) is 2. The number of methoxy groups -OCH3 is 1. The SMILES string of the molecule is C=C(C)C1(C)Cc2cc(C(=O)NCC3C(=O)NC(C)CC3C)cc(-c3ccc(OC)nc3)c2O1. The Morgan fingerprint density at radius 1 is 1.35 bits per heavy atom. The van der Waals surface area contributed by atoms with Gasteiger partial charge in [-0.3, -0.25) is 9.59 Å². The van der Waals surface area contributed by atoms with Gasteiger partial charge in [0.25, 0.3) is 5.91 Å². The van der Waals surface area contributed by atoms with Crippen LogP contribution in [0.2, 0.25) is 0 Å². The van der Waals surface area contributed by atoms with Gasteiger partial charge in [0.15, 0.2) is 0 Å². The van der Waals surface area contributed by atoms with Gasteiger partial charge in [-0.05, 0) is 62.4 Å². The molecule has 4 atom stereocenters. The quantitative estimate of drug-likeness (QED) is 0.634. The first-order valence-electron chi connectivity index (χ1n) is 11.7. The molecule has 0 spiro atoms. The fraction of sp³-hybridized carbons (Fsp3) is 0.444. The molecule has 0 saturated carbocycles. The molecule has 2 aliphatic rings. The Kier molecular flexibility index (Phi) is 6.39. The van der Waals surface area contributed by atoms with Crippen LogP contribution in [0.4, 0.5) is 0 Å². The Morgan fingerprint density at radius 2 is 2.12 bits per heavy atom. The van der Waals surface area contributed by atoms with Crippen molar-refractivity contribution in [1.82, 2.24) is 15.6 Å². The van der Waals surface area contributed by atoms with E-state index in [0.717, 1.165) is 34.4 Å². The van der Waals surface area contributed by atoms with Crippen LogP contribution in [-0.4, -0.2) is 42.1 Å². The number of hydrogen-bond donors (Lipinski definition) is 2. The summed E-state index contributed by atoms with van der Waals surface area (Å²) in [6.45, 7) is 12.4. The lowest BCUT2D eigenvalue weighted by Crippen LogP contribution is -2.50. The molecule has 2 aromatic rings. The monoisotopic (exact) mass is 463 g/mol. The van der Waals surface area contributed by atoms with Crippen LogP contribution in [0.3, 0.4) is 0 Å². The fourth-order valence-corrected chi connectivity index (χ4v) is 4.80. The van der Waals surface area contributed by atoms with Crippen molar-refractivity contribution in [2.24, 2.45) is 11.8 Å². The molecule has 1 aromatic heterocycles. The molecule has 1 fully saturated rings. The summed E-state index contributed by atoms with van der Waals surface area (Å²) in [6, 6.07) is 7.55. The maximum atomic E-state index is 13.2. The number of carbonyl (C=O) groups excluding carboxylic acids is 2. The maximum Gasteiger partial charge on any atom is 0.251 e. The number of piperidine rings is 1. The molecule has 34 heavy (non-hydrogen) atoms. The van der Waals surface area contributed by atoms with Gasteiger partial charge in [0.2, 0.25) is 11.8 Å². The van der Waals surface area contributed by atoms with E-state index in [4.69, 9.17) is 9.47 Å². The van der Waals surface area contributed by atoms with Gasteiger partial charge < -0.3 is 20.1 Å². The van der Waals surface area contributed by atoms with E-state index >= 15 is 0 Å². The predicted molar refractivity (Wildman–Crippen MR) is 131 cm³/mol. The molecule has 2 amide bonds. The van der Waals surface area contributed by atoms with Gasteiger partial charge in [-0.1, -0.05) is 13.5 Å². The number of ether oxygens (including phenoxy) is 2. The average Bonchev–Trinajstić information content (AvgIpc) is 3.15. The smallest absolute Gasteiger partial charge is 0.251 e. The number of rotatable bonds is 6. The lowest BCUT2D eigenvalue weighted by molar-refractivity contribution is -0.129. The zero-order valence-corrected chi connectivity index (χ0v) is 20.5. The lowest BCUT2D eigenvalue weighted by atomic mass is 9.84. The molecule has 0 bridgehead atoms. The molecular weight excluding hydrogens is 430 g/mol. The molecule has 7 heteroatoms. The van der Waals surface area contributed by atoms with E-state index < -0.39 is 5.60 Å². The lowest BCUT2D eigenvalue weighted by Gasteiger charge is -2.32. The molecular formula is C27H33N3O4. The molecule has 180 valence electrons. The van der Waals surface area contributed by atoms with E-state index in [9.17, 15) is 9.59 Å². The summed E-state index contributed by atoms with van der Waals surface area (Å²) >= 11 is 0. The number of fused-ring (bicyclic) bond motifs is 1. The third-order valence-electron chi connectivity index (χ3n) is 7.06. The van der Waals surface area contributed by atoms with Crippen LogP contribution in [-0.2, 0) is 11.2 Å². The number of amides is 2. The summed E-state index contributed by atoms with van der Waals surface area (Å²) in [5, 5.41) is 5.97. The number of hydrogen-bond acceptors (Lipinski definition) is 5. The average molecular weight is 464 g/mol. The zero-order chi connectivity index (χ0) is 24.6. The molecule has 0 aliphatic carbocycles. The van der Waals surface area contributed by atoms with Gasteiger partial charge in [-0.25, -0.2) is 4.98 Å². The van der Waals surface area contributed by atoms with E-state index in [1.807, 2.05) is 39.0 Å². The minimum atomic E-state index is -0.543. The first-order valence-corrected chi connectivity index (χ1v) is 11.7. The first kappa shape index (κ1) is 23.8. The topological polar surface area (TPSA) is 89.6 Å². The van der Waals surface area contributed by atoms with Crippen LogP contribution >= 0.6 is 0 Å². The summed E-state index contributed by atoms with van der Waals surface area (Å²) in [5.74, 6) is 0.994. The molecule has 3 heterocycles. The maximum absolute atomic E-state index is 13.2. The minimum Gasteiger partial charge on any atom is -0.482 e. The molecule has 2 N–H and O–H groups in total. The van der Waals surface area contributed by atoms with Crippen LogP contribution in [0, 0.1) is 11.8 Å². The summed E-state index contributed by atoms with van der Waals surface area (Å²) in [5.41, 5.74) is 3.46. The Bertz CT molecular complexity index is 1130. The second-order valence-electron chi connectivity index (χ2n) is 9.83. The number of aromatic nitrogens is 1. The summed E-state index contributed by atoms with van der Waals surface area (Å²) in [6.07, 6.45) is 3.23. The molecule has 1 aromatic carbocycles. The Hall–Kier alpha value is -3.35. The molecule has 2 aliphatic heterocycles. The Labute approximate surface area is 200 Å². The van der Waals surface area contributed by atoms with Crippen molar-refractivity contribution < 1.29 is 19.1 Å². The Morgan fingerprint density at radius 3 is 2.74 bits per heavy atom. The molecule has 4 rings (SSSR count). The van der Waals surface area contributed by atoms with Gasteiger partial charge in [0, 0.05) is 48.0 Å². The van der Waals surface area contributed by atoms with Gasteiger partial charge in [0.05, 0.1) is 13.0 Å². The normalized spacial score (nSPS) is 25.7. The minimum absolute atomic E-state index is 0.00359. The summed E-state index contributed by atoms with van der Waals surface area (Å²) in [4.78, 5) is 30.0. The van der Waals surface area contributed by atoms with Crippen molar-refractivity contribution in [2.45, 2.75) is 52.2 Å². The van der Waals surface area contributed by atoms with Crippen molar-refractivity contribution in [2.75, 3.05) is 13.7 Å². The second kappa shape index (κ2) is 9.12. The van der Waals surface area contributed by atoms with E-state index in [-0.39, 0.29) is 29.7 Å². The largest absolute Gasteiger partial charge is 0.482 e. The predicted octanol–water partition coefficient (Wildman–Crippen LogP) is 3.92. The Balaban J connectivity index is 1.64. The van der Waals surface area contributed by atoms with E-state index in [2.05, 4.69) is 29.1 Å². The van der Waals surface area contributed by atoms with E-state index in [0.29, 0.717) is 24.4 Å². The third-order valence-corrected chi connectivity index (χ3v) is 7.06. The van der Waals surface area contributed by atoms with Crippen molar-refractivity contribution in [1.29, 1.82) is 0 Å².